The molecule has 0 fully saturated rings. The van der Waals surface area contributed by atoms with Crippen LogP contribution in [0.1, 0.15) is 20.7 Å². The maximum atomic E-state index is 12.7. The van der Waals surface area contributed by atoms with Gasteiger partial charge in [0.25, 0.3) is 15.9 Å². The third-order valence-electron chi connectivity index (χ3n) is 3.96. The monoisotopic (exact) mass is 464 g/mol. The van der Waals surface area contributed by atoms with Crippen LogP contribution in [0.4, 0.5) is 11.4 Å². The second kappa shape index (κ2) is 8.74. The van der Waals surface area contributed by atoms with Crippen molar-refractivity contribution in [2.24, 2.45) is 0 Å². The lowest BCUT2D eigenvalue weighted by molar-refractivity contribution is 0.0696. The van der Waals surface area contributed by atoms with Crippen LogP contribution >= 0.6 is 23.2 Å². The molecule has 0 saturated carbocycles. The zero-order valence-electron chi connectivity index (χ0n) is 15.1. The first-order valence-electron chi connectivity index (χ1n) is 8.38. The molecule has 0 saturated heterocycles. The summed E-state index contributed by atoms with van der Waals surface area (Å²) in [7, 11) is -4.11. The summed E-state index contributed by atoms with van der Waals surface area (Å²) in [6.07, 6.45) is 0. The summed E-state index contributed by atoms with van der Waals surface area (Å²) in [5.74, 6) is -1.80. The first-order valence-corrected chi connectivity index (χ1v) is 10.6. The Kier molecular flexibility index (Phi) is 6.31. The zero-order chi connectivity index (χ0) is 21.9. The lowest BCUT2D eigenvalue weighted by Gasteiger charge is -2.11. The molecule has 0 unspecified atom stereocenters. The minimum absolute atomic E-state index is 0.0474. The molecule has 0 atom stereocenters. The molecule has 0 heterocycles. The number of hydrogen-bond donors (Lipinski definition) is 3. The maximum Gasteiger partial charge on any atom is 0.335 e. The van der Waals surface area contributed by atoms with Gasteiger partial charge in [0, 0.05) is 16.4 Å². The molecule has 30 heavy (non-hydrogen) atoms. The van der Waals surface area contributed by atoms with Gasteiger partial charge in [-0.2, -0.15) is 0 Å². The van der Waals surface area contributed by atoms with Crippen molar-refractivity contribution >= 4 is 56.5 Å². The van der Waals surface area contributed by atoms with Crippen LogP contribution in [0.15, 0.2) is 71.6 Å². The molecular formula is C20H14Cl2N2O5S. The SMILES string of the molecule is O=C(O)c1cccc(NS(=O)(=O)c2ccc(Cl)c(C(=O)Nc3ccc(Cl)cc3)c2)c1. The predicted molar refractivity (Wildman–Crippen MR) is 115 cm³/mol. The van der Waals surface area contributed by atoms with Crippen LogP contribution in [-0.4, -0.2) is 25.4 Å². The lowest BCUT2D eigenvalue weighted by atomic mass is 10.2. The summed E-state index contributed by atoms with van der Waals surface area (Å²) < 4.78 is 27.7. The van der Waals surface area contributed by atoms with Gasteiger partial charge in [-0.3, -0.25) is 9.52 Å². The molecule has 0 radical (unpaired) electrons. The van der Waals surface area contributed by atoms with Crippen molar-refractivity contribution in [2.45, 2.75) is 4.90 Å². The molecule has 3 rings (SSSR count). The van der Waals surface area contributed by atoms with Crippen molar-refractivity contribution in [1.82, 2.24) is 0 Å². The van der Waals surface area contributed by atoms with Crippen molar-refractivity contribution in [1.29, 1.82) is 0 Å². The first-order chi connectivity index (χ1) is 14.2. The Hall–Kier alpha value is -3.07. The Balaban J connectivity index is 1.87. The molecule has 0 aliphatic heterocycles. The number of aromatic carboxylic acids is 1. The van der Waals surface area contributed by atoms with Crippen molar-refractivity contribution < 1.29 is 23.1 Å². The van der Waals surface area contributed by atoms with E-state index in [4.69, 9.17) is 28.3 Å². The second-order valence-electron chi connectivity index (χ2n) is 6.09. The van der Waals surface area contributed by atoms with Crippen LogP contribution in [0.2, 0.25) is 10.0 Å². The molecule has 154 valence electrons. The number of hydrogen-bond acceptors (Lipinski definition) is 4. The molecular weight excluding hydrogens is 451 g/mol. The highest BCUT2D eigenvalue weighted by molar-refractivity contribution is 7.92. The van der Waals surface area contributed by atoms with E-state index in [0.29, 0.717) is 10.7 Å². The molecule has 0 aliphatic carbocycles. The van der Waals surface area contributed by atoms with Crippen molar-refractivity contribution in [3.8, 4) is 0 Å². The van der Waals surface area contributed by atoms with Crippen molar-refractivity contribution in [3.63, 3.8) is 0 Å². The zero-order valence-corrected chi connectivity index (χ0v) is 17.4. The van der Waals surface area contributed by atoms with Gasteiger partial charge in [-0.25, -0.2) is 13.2 Å². The molecule has 0 aromatic heterocycles. The number of benzene rings is 3. The molecule has 3 aromatic carbocycles. The number of halogens is 2. The Bertz CT molecular complexity index is 1230. The predicted octanol–water partition coefficient (Wildman–Crippen LogP) is 4.74. The van der Waals surface area contributed by atoms with Gasteiger partial charge in [0.15, 0.2) is 0 Å². The van der Waals surface area contributed by atoms with Gasteiger partial charge in [0.1, 0.15) is 0 Å². The number of amides is 1. The second-order valence-corrected chi connectivity index (χ2v) is 8.62. The Morgan fingerprint density at radius 1 is 0.867 bits per heavy atom. The Morgan fingerprint density at radius 2 is 1.57 bits per heavy atom. The highest BCUT2D eigenvalue weighted by Crippen LogP contribution is 2.24. The fourth-order valence-corrected chi connectivity index (χ4v) is 3.91. The highest BCUT2D eigenvalue weighted by atomic mass is 35.5. The molecule has 7 nitrogen and oxygen atoms in total. The number of rotatable bonds is 6. The number of carboxylic acid groups (broad SMARTS) is 1. The molecule has 3 aromatic rings. The van der Waals surface area contributed by atoms with Gasteiger partial charge in [-0.15, -0.1) is 0 Å². The van der Waals surface area contributed by atoms with E-state index in [2.05, 4.69) is 10.0 Å². The van der Waals surface area contributed by atoms with Gasteiger partial charge in [-0.1, -0.05) is 29.3 Å². The fourth-order valence-electron chi connectivity index (χ4n) is 2.51. The van der Waals surface area contributed by atoms with Crippen LogP contribution in [0, 0.1) is 0 Å². The molecule has 0 bridgehead atoms. The molecule has 10 heteroatoms. The van der Waals surface area contributed by atoms with Crippen molar-refractivity contribution in [2.75, 3.05) is 10.0 Å². The quantitative estimate of drug-likeness (QED) is 0.487. The van der Waals surface area contributed by atoms with E-state index in [1.54, 1.807) is 24.3 Å². The summed E-state index contributed by atoms with van der Waals surface area (Å²) in [5, 5.41) is 12.2. The first kappa shape index (κ1) is 21.6. The van der Waals surface area contributed by atoms with Crippen molar-refractivity contribution in [3.05, 3.63) is 87.9 Å². The molecule has 0 spiro atoms. The normalized spacial score (nSPS) is 11.0. The van der Waals surface area contributed by atoms with Crippen LogP contribution in [0.25, 0.3) is 0 Å². The Morgan fingerprint density at radius 3 is 2.23 bits per heavy atom. The summed E-state index contributed by atoms with van der Waals surface area (Å²) >= 11 is 11.9. The van der Waals surface area contributed by atoms with Crippen LogP contribution < -0.4 is 10.0 Å². The third-order valence-corrected chi connectivity index (χ3v) is 5.92. The number of sulfonamides is 1. The number of anilines is 2. The van der Waals surface area contributed by atoms with E-state index in [-0.39, 0.29) is 26.7 Å². The molecule has 1 amide bonds. The Labute approximate surface area is 182 Å². The minimum atomic E-state index is -4.11. The summed E-state index contributed by atoms with van der Waals surface area (Å²) in [6, 6.07) is 15.4. The largest absolute Gasteiger partial charge is 0.478 e. The van der Waals surface area contributed by atoms with Gasteiger partial charge in [0.2, 0.25) is 0 Å². The van der Waals surface area contributed by atoms with Gasteiger partial charge in [0.05, 0.1) is 21.0 Å². The topological polar surface area (TPSA) is 113 Å². The minimum Gasteiger partial charge on any atom is -0.478 e. The fraction of sp³-hybridized carbons (Fsp3) is 0. The summed E-state index contributed by atoms with van der Waals surface area (Å²) in [4.78, 5) is 23.4. The highest BCUT2D eigenvalue weighted by Gasteiger charge is 2.19. The summed E-state index contributed by atoms with van der Waals surface area (Å²) in [5.41, 5.74) is 0.400. The van der Waals surface area contributed by atoms with E-state index >= 15 is 0 Å². The molecule has 0 aliphatic rings. The van der Waals surface area contributed by atoms with Crippen LogP contribution in [0.5, 0.6) is 0 Å². The molecule has 3 N–H and O–H groups in total. The van der Waals surface area contributed by atoms with E-state index in [0.717, 1.165) is 6.07 Å². The van der Waals surface area contributed by atoms with E-state index in [9.17, 15) is 18.0 Å². The van der Waals surface area contributed by atoms with E-state index in [1.165, 1.54) is 36.4 Å². The smallest absolute Gasteiger partial charge is 0.335 e. The lowest BCUT2D eigenvalue weighted by Crippen LogP contribution is -2.16. The van der Waals surface area contributed by atoms with Gasteiger partial charge >= 0.3 is 5.97 Å². The maximum absolute atomic E-state index is 12.7. The van der Waals surface area contributed by atoms with Gasteiger partial charge < -0.3 is 10.4 Å². The van der Waals surface area contributed by atoms with E-state index < -0.39 is 21.9 Å². The van der Waals surface area contributed by atoms with Gasteiger partial charge in [-0.05, 0) is 60.7 Å². The number of nitrogens with one attached hydrogen (secondary N) is 2. The average molecular weight is 465 g/mol. The number of carboxylic acids is 1. The number of carbonyl (C=O) groups is 2. The average Bonchev–Trinajstić information content (AvgIpc) is 2.69. The van der Waals surface area contributed by atoms with Crippen LogP contribution in [0.3, 0.4) is 0 Å². The standard InChI is InChI=1S/C20H14Cl2N2O5S/c21-13-4-6-14(7-5-13)23-19(25)17-11-16(8-9-18(17)22)30(28,29)24-15-3-1-2-12(10-15)20(26)27/h1-11,24H,(H,23,25)(H,26,27). The third kappa shape index (κ3) is 5.10. The number of carbonyl (C=O) groups excluding carboxylic acids is 1. The van der Waals surface area contributed by atoms with Crippen LogP contribution in [-0.2, 0) is 10.0 Å². The summed E-state index contributed by atoms with van der Waals surface area (Å²) in [6.45, 7) is 0. The van der Waals surface area contributed by atoms with E-state index in [1.807, 2.05) is 0 Å².